The first-order valence-corrected chi connectivity index (χ1v) is 5.17. The van der Waals surface area contributed by atoms with Gasteiger partial charge in [0.1, 0.15) is 3.92 Å². The van der Waals surface area contributed by atoms with E-state index in [1.807, 2.05) is 13.8 Å². The summed E-state index contributed by atoms with van der Waals surface area (Å²) in [6.45, 7) is 5.80. The van der Waals surface area contributed by atoms with E-state index in [0.29, 0.717) is 0 Å². The average Bonchev–Trinajstić information content (AvgIpc) is 1.86. The van der Waals surface area contributed by atoms with Crippen LogP contribution in [-0.4, -0.2) is 16.0 Å². The van der Waals surface area contributed by atoms with Crippen LogP contribution in [0.4, 0.5) is 0 Å². The molecule has 0 rings (SSSR count). The number of halogens is 1. The van der Waals surface area contributed by atoms with Crippen LogP contribution in [0.3, 0.4) is 0 Å². The molecular formula is C8H15IO2. The predicted octanol–water partition coefficient (Wildman–Crippen LogP) is 2.54. The van der Waals surface area contributed by atoms with Crippen molar-refractivity contribution >= 4 is 28.6 Å². The fraction of sp³-hybridized carbons (Fsp3) is 0.875. The summed E-state index contributed by atoms with van der Waals surface area (Å²) in [7, 11) is 0. The summed E-state index contributed by atoms with van der Waals surface area (Å²) in [6.07, 6.45) is 1.95. The Morgan fingerprint density at radius 2 is 2.09 bits per heavy atom. The number of carbonyl (C=O) groups is 1. The first-order chi connectivity index (χ1) is 5.07. The highest BCUT2D eigenvalue weighted by molar-refractivity contribution is 14.1. The standard InChI is InChI=1S/C8H15IO2/c1-4-5-7(9)8(10)11-6(2)3/h6-7H,4-5H2,1-3H3. The lowest BCUT2D eigenvalue weighted by Gasteiger charge is -2.11. The molecule has 0 radical (unpaired) electrons. The molecule has 0 saturated carbocycles. The maximum absolute atomic E-state index is 11.1. The Labute approximate surface area is 81.8 Å². The molecule has 2 nitrogen and oxygen atoms in total. The van der Waals surface area contributed by atoms with Crippen LogP contribution in [0.15, 0.2) is 0 Å². The second-order valence-corrected chi connectivity index (χ2v) is 4.25. The fourth-order valence-electron chi connectivity index (χ4n) is 0.677. The van der Waals surface area contributed by atoms with Crippen molar-refractivity contribution in [1.29, 1.82) is 0 Å². The quantitative estimate of drug-likeness (QED) is 0.446. The van der Waals surface area contributed by atoms with E-state index in [1.54, 1.807) is 0 Å². The molecule has 0 aliphatic carbocycles. The third-order valence-corrected chi connectivity index (χ3v) is 2.28. The first kappa shape index (κ1) is 11.2. The molecule has 0 aromatic rings. The number of carbonyl (C=O) groups excluding carboxylic acids is 1. The zero-order valence-electron chi connectivity index (χ0n) is 7.26. The fourth-order valence-corrected chi connectivity index (χ4v) is 1.45. The van der Waals surface area contributed by atoms with Crippen LogP contribution in [0.2, 0.25) is 0 Å². The zero-order valence-corrected chi connectivity index (χ0v) is 9.42. The third kappa shape index (κ3) is 5.47. The van der Waals surface area contributed by atoms with Gasteiger partial charge in [0.05, 0.1) is 6.10 Å². The normalized spacial score (nSPS) is 13.2. The summed E-state index contributed by atoms with van der Waals surface area (Å²) < 4.78 is 5.05. The summed E-state index contributed by atoms with van der Waals surface area (Å²) in [5, 5.41) is 0. The maximum atomic E-state index is 11.1. The maximum Gasteiger partial charge on any atom is 0.319 e. The molecule has 0 aromatic heterocycles. The second kappa shape index (κ2) is 5.80. The molecule has 0 fully saturated rings. The number of ether oxygens (including phenoxy) is 1. The van der Waals surface area contributed by atoms with Crippen LogP contribution in [0.1, 0.15) is 33.6 Å². The molecule has 0 spiro atoms. The van der Waals surface area contributed by atoms with Crippen molar-refractivity contribution in [3.8, 4) is 0 Å². The first-order valence-electron chi connectivity index (χ1n) is 3.92. The van der Waals surface area contributed by atoms with Gasteiger partial charge in [0.25, 0.3) is 0 Å². The Morgan fingerprint density at radius 3 is 2.45 bits per heavy atom. The molecule has 0 N–H and O–H groups in total. The molecule has 0 aliphatic heterocycles. The summed E-state index contributed by atoms with van der Waals surface area (Å²) >= 11 is 2.13. The van der Waals surface area contributed by atoms with Gasteiger partial charge in [-0.3, -0.25) is 4.79 Å². The van der Waals surface area contributed by atoms with Crippen molar-refractivity contribution in [1.82, 2.24) is 0 Å². The van der Waals surface area contributed by atoms with E-state index in [2.05, 4.69) is 29.5 Å². The molecule has 0 saturated heterocycles. The Hall–Kier alpha value is 0.200. The van der Waals surface area contributed by atoms with Crippen molar-refractivity contribution in [2.75, 3.05) is 0 Å². The minimum Gasteiger partial charge on any atom is -0.462 e. The minimum absolute atomic E-state index is 0.0108. The lowest BCUT2D eigenvalue weighted by Crippen LogP contribution is -2.20. The van der Waals surface area contributed by atoms with Gasteiger partial charge < -0.3 is 4.74 Å². The highest BCUT2D eigenvalue weighted by Gasteiger charge is 2.15. The van der Waals surface area contributed by atoms with Gasteiger partial charge in [-0.1, -0.05) is 35.9 Å². The van der Waals surface area contributed by atoms with Gasteiger partial charge in [-0.05, 0) is 20.3 Å². The van der Waals surface area contributed by atoms with Crippen LogP contribution < -0.4 is 0 Å². The molecule has 0 bridgehead atoms. The topological polar surface area (TPSA) is 26.3 Å². The summed E-state index contributed by atoms with van der Waals surface area (Å²) in [5.41, 5.74) is 0. The van der Waals surface area contributed by atoms with Crippen molar-refractivity contribution in [3.63, 3.8) is 0 Å². The molecular weight excluding hydrogens is 255 g/mol. The van der Waals surface area contributed by atoms with Gasteiger partial charge in [-0.2, -0.15) is 0 Å². The van der Waals surface area contributed by atoms with Gasteiger partial charge in [0.15, 0.2) is 0 Å². The summed E-state index contributed by atoms with van der Waals surface area (Å²) in [4.78, 5) is 11.1. The minimum atomic E-state index is -0.0811. The predicted molar refractivity (Wildman–Crippen MR) is 53.9 cm³/mol. The molecule has 1 atom stereocenters. The SMILES string of the molecule is CCCC(I)C(=O)OC(C)C. The van der Waals surface area contributed by atoms with Gasteiger partial charge in [0, 0.05) is 0 Å². The van der Waals surface area contributed by atoms with Crippen LogP contribution in [0.25, 0.3) is 0 Å². The number of hydrogen-bond donors (Lipinski definition) is 0. The lowest BCUT2D eigenvalue weighted by molar-refractivity contribution is -0.146. The lowest BCUT2D eigenvalue weighted by atomic mass is 10.2. The van der Waals surface area contributed by atoms with Crippen LogP contribution >= 0.6 is 22.6 Å². The smallest absolute Gasteiger partial charge is 0.319 e. The monoisotopic (exact) mass is 270 g/mol. The largest absolute Gasteiger partial charge is 0.462 e. The Morgan fingerprint density at radius 1 is 1.55 bits per heavy atom. The highest BCUT2D eigenvalue weighted by atomic mass is 127. The van der Waals surface area contributed by atoms with Crippen molar-refractivity contribution in [3.05, 3.63) is 0 Å². The van der Waals surface area contributed by atoms with Crippen LogP contribution in [0, 0.1) is 0 Å². The van der Waals surface area contributed by atoms with Gasteiger partial charge in [-0.15, -0.1) is 0 Å². The molecule has 11 heavy (non-hydrogen) atoms. The van der Waals surface area contributed by atoms with Crippen molar-refractivity contribution < 1.29 is 9.53 Å². The van der Waals surface area contributed by atoms with Gasteiger partial charge in [0.2, 0.25) is 0 Å². The molecule has 3 heteroatoms. The molecule has 0 aromatic carbocycles. The average molecular weight is 270 g/mol. The number of hydrogen-bond acceptors (Lipinski definition) is 2. The second-order valence-electron chi connectivity index (χ2n) is 2.74. The third-order valence-electron chi connectivity index (χ3n) is 1.15. The Bertz CT molecular complexity index is 123. The van der Waals surface area contributed by atoms with E-state index >= 15 is 0 Å². The number of esters is 1. The van der Waals surface area contributed by atoms with E-state index in [-0.39, 0.29) is 16.0 Å². The van der Waals surface area contributed by atoms with Crippen LogP contribution in [-0.2, 0) is 9.53 Å². The molecule has 0 aliphatic rings. The number of alkyl halides is 1. The van der Waals surface area contributed by atoms with Crippen molar-refractivity contribution in [2.45, 2.75) is 43.6 Å². The van der Waals surface area contributed by atoms with E-state index in [0.717, 1.165) is 12.8 Å². The Kier molecular flexibility index (Phi) is 5.91. The molecule has 0 heterocycles. The van der Waals surface area contributed by atoms with Gasteiger partial charge >= 0.3 is 5.97 Å². The number of rotatable bonds is 4. The van der Waals surface area contributed by atoms with E-state index in [4.69, 9.17) is 4.74 Å². The van der Waals surface area contributed by atoms with Gasteiger partial charge in [-0.25, -0.2) is 0 Å². The van der Waals surface area contributed by atoms with Crippen molar-refractivity contribution in [2.24, 2.45) is 0 Å². The summed E-state index contributed by atoms with van der Waals surface area (Å²) in [6, 6.07) is 0. The molecule has 66 valence electrons. The van der Waals surface area contributed by atoms with E-state index in [1.165, 1.54) is 0 Å². The highest BCUT2D eigenvalue weighted by Crippen LogP contribution is 2.11. The Balaban J connectivity index is 3.64. The van der Waals surface area contributed by atoms with E-state index in [9.17, 15) is 4.79 Å². The van der Waals surface area contributed by atoms with E-state index < -0.39 is 0 Å². The van der Waals surface area contributed by atoms with Crippen LogP contribution in [0.5, 0.6) is 0 Å². The molecule has 1 unspecified atom stereocenters. The molecule has 0 amide bonds. The summed E-state index contributed by atoms with van der Waals surface area (Å²) in [5.74, 6) is -0.0811. The zero-order chi connectivity index (χ0) is 8.85.